The van der Waals surface area contributed by atoms with Crippen LogP contribution in [0.3, 0.4) is 0 Å². The summed E-state index contributed by atoms with van der Waals surface area (Å²) in [6, 6.07) is 21.1. The Bertz CT molecular complexity index is 939. The quantitative estimate of drug-likeness (QED) is 0.628. The highest BCUT2D eigenvalue weighted by atomic mass is 79.9. The van der Waals surface area contributed by atoms with E-state index in [4.69, 9.17) is 0 Å². The summed E-state index contributed by atoms with van der Waals surface area (Å²) in [7, 11) is 0. The van der Waals surface area contributed by atoms with Crippen LogP contribution in [0.1, 0.15) is 22.3 Å². The van der Waals surface area contributed by atoms with E-state index in [9.17, 15) is 10.2 Å². The van der Waals surface area contributed by atoms with Gasteiger partial charge < -0.3 is 10.2 Å². The lowest BCUT2D eigenvalue weighted by Gasteiger charge is -2.10. The van der Waals surface area contributed by atoms with Gasteiger partial charge in [-0.25, -0.2) is 0 Å². The molecule has 0 saturated heterocycles. The van der Waals surface area contributed by atoms with E-state index in [1.807, 2.05) is 36.4 Å². The molecule has 4 rings (SSSR count). The van der Waals surface area contributed by atoms with E-state index >= 15 is 0 Å². The third-order valence-electron chi connectivity index (χ3n) is 4.38. The average Bonchev–Trinajstić information content (AvgIpc) is 2.94. The van der Waals surface area contributed by atoms with Gasteiger partial charge in [-0.2, -0.15) is 0 Å². The Kier molecular flexibility index (Phi) is 3.66. The first kappa shape index (κ1) is 15.0. The zero-order valence-electron chi connectivity index (χ0n) is 12.8. The maximum atomic E-state index is 9.83. The van der Waals surface area contributed by atoms with Crippen molar-refractivity contribution < 1.29 is 10.2 Å². The van der Waals surface area contributed by atoms with Crippen LogP contribution in [0.2, 0.25) is 0 Å². The Morgan fingerprint density at radius 3 is 2.04 bits per heavy atom. The molecule has 0 aromatic heterocycles. The Hall–Kier alpha value is -2.52. The maximum Gasteiger partial charge on any atom is 0.115 e. The molecular weight excluding hydrogens is 364 g/mol. The van der Waals surface area contributed by atoms with E-state index in [1.165, 1.54) is 5.57 Å². The van der Waals surface area contributed by atoms with Crippen LogP contribution in [0.25, 0.3) is 11.1 Å². The number of allylic oxidation sites excluding steroid dienone is 1. The number of aromatic hydroxyl groups is 2. The molecule has 0 atom stereocenters. The fourth-order valence-electron chi connectivity index (χ4n) is 3.27. The predicted octanol–water partition coefficient (Wildman–Crippen LogP) is 5.38. The smallest absolute Gasteiger partial charge is 0.115 e. The first-order chi connectivity index (χ1) is 11.6. The standard InChI is InChI=1S/C21H15BrO2/c22-16-5-1-13(2-6-16)20-12-15-11-18(24)9-10-19(15)21(20)14-3-7-17(23)8-4-14/h1-11,23-24H,12H2. The zero-order valence-corrected chi connectivity index (χ0v) is 14.4. The van der Waals surface area contributed by atoms with Gasteiger partial charge >= 0.3 is 0 Å². The van der Waals surface area contributed by atoms with Gasteiger partial charge in [0.2, 0.25) is 0 Å². The molecule has 0 spiro atoms. The lowest BCUT2D eigenvalue weighted by Crippen LogP contribution is -1.89. The van der Waals surface area contributed by atoms with Crippen LogP contribution >= 0.6 is 15.9 Å². The fraction of sp³-hybridized carbons (Fsp3) is 0.0476. The van der Waals surface area contributed by atoms with E-state index in [1.54, 1.807) is 18.2 Å². The zero-order chi connectivity index (χ0) is 16.7. The molecule has 0 fully saturated rings. The van der Waals surface area contributed by atoms with Crippen LogP contribution < -0.4 is 0 Å². The number of hydrogen-bond acceptors (Lipinski definition) is 2. The summed E-state index contributed by atoms with van der Waals surface area (Å²) in [4.78, 5) is 0. The summed E-state index contributed by atoms with van der Waals surface area (Å²) in [5.41, 5.74) is 6.88. The molecule has 1 aliphatic rings. The van der Waals surface area contributed by atoms with Crippen LogP contribution in [-0.4, -0.2) is 10.2 Å². The highest BCUT2D eigenvalue weighted by molar-refractivity contribution is 9.10. The first-order valence-electron chi connectivity index (χ1n) is 7.72. The van der Waals surface area contributed by atoms with Crippen molar-refractivity contribution in [1.29, 1.82) is 0 Å². The van der Waals surface area contributed by atoms with Gasteiger partial charge in [-0.15, -0.1) is 0 Å². The van der Waals surface area contributed by atoms with Crippen molar-refractivity contribution in [3.63, 3.8) is 0 Å². The summed E-state index contributed by atoms with van der Waals surface area (Å²) in [6.45, 7) is 0. The molecule has 3 heteroatoms. The van der Waals surface area contributed by atoms with Crippen LogP contribution in [0.15, 0.2) is 71.2 Å². The van der Waals surface area contributed by atoms with Gasteiger partial charge in [0.25, 0.3) is 0 Å². The molecule has 1 aliphatic carbocycles. The Morgan fingerprint density at radius 2 is 1.33 bits per heavy atom. The summed E-state index contributed by atoms with van der Waals surface area (Å²) in [5.74, 6) is 0.546. The molecule has 0 radical (unpaired) electrons. The largest absolute Gasteiger partial charge is 0.508 e. The Morgan fingerprint density at radius 1 is 0.708 bits per heavy atom. The second-order valence-corrected chi connectivity index (χ2v) is 6.84. The van der Waals surface area contributed by atoms with E-state index in [-0.39, 0.29) is 11.5 Å². The number of halogens is 1. The number of benzene rings is 3. The van der Waals surface area contributed by atoms with Crippen molar-refractivity contribution in [1.82, 2.24) is 0 Å². The molecule has 0 unspecified atom stereocenters. The molecule has 3 aromatic carbocycles. The first-order valence-corrected chi connectivity index (χ1v) is 8.52. The third kappa shape index (κ3) is 2.61. The normalized spacial score (nSPS) is 13.2. The summed E-state index contributed by atoms with van der Waals surface area (Å²) in [5, 5.41) is 19.4. The molecule has 3 aromatic rings. The number of hydrogen-bond donors (Lipinski definition) is 2. The van der Waals surface area contributed by atoms with Crippen LogP contribution in [0, 0.1) is 0 Å². The van der Waals surface area contributed by atoms with E-state index in [2.05, 4.69) is 28.1 Å². The number of fused-ring (bicyclic) bond motifs is 1. The second-order valence-electron chi connectivity index (χ2n) is 5.93. The lowest BCUT2D eigenvalue weighted by molar-refractivity contribution is 0.474. The van der Waals surface area contributed by atoms with Gasteiger partial charge in [0.05, 0.1) is 0 Å². The minimum atomic E-state index is 0.258. The second kappa shape index (κ2) is 5.84. The number of phenols is 2. The van der Waals surface area contributed by atoms with Crippen molar-refractivity contribution in [3.8, 4) is 11.5 Å². The molecule has 0 bridgehead atoms. The fourth-order valence-corrected chi connectivity index (χ4v) is 3.53. The van der Waals surface area contributed by atoms with E-state index in [0.29, 0.717) is 0 Å². The van der Waals surface area contributed by atoms with Crippen molar-refractivity contribution in [2.75, 3.05) is 0 Å². The molecule has 2 nitrogen and oxygen atoms in total. The Balaban J connectivity index is 1.93. The van der Waals surface area contributed by atoms with Crippen molar-refractivity contribution >= 4 is 27.1 Å². The highest BCUT2D eigenvalue weighted by Crippen LogP contribution is 2.43. The van der Waals surface area contributed by atoms with Gasteiger partial charge in [0.1, 0.15) is 11.5 Å². The molecule has 118 valence electrons. The molecule has 24 heavy (non-hydrogen) atoms. The average molecular weight is 379 g/mol. The molecule has 0 amide bonds. The molecule has 0 aliphatic heterocycles. The molecule has 0 saturated carbocycles. The monoisotopic (exact) mass is 378 g/mol. The SMILES string of the molecule is Oc1ccc(C2=C(c3ccc(Br)cc3)Cc3cc(O)ccc32)cc1. The van der Waals surface area contributed by atoms with Gasteiger partial charge in [0.15, 0.2) is 0 Å². The highest BCUT2D eigenvalue weighted by Gasteiger charge is 2.24. The van der Waals surface area contributed by atoms with Gasteiger partial charge in [-0.05, 0) is 76.2 Å². The van der Waals surface area contributed by atoms with Gasteiger partial charge in [0, 0.05) is 4.47 Å². The molecular formula is C21H15BrO2. The van der Waals surface area contributed by atoms with Crippen LogP contribution in [0.4, 0.5) is 0 Å². The third-order valence-corrected chi connectivity index (χ3v) is 4.90. The predicted molar refractivity (Wildman–Crippen MR) is 100.0 cm³/mol. The number of phenolic OH excluding ortho intramolecular Hbond substituents is 2. The molecule has 0 heterocycles. The summed E-state index contributed by atoms with van der Waals surface area (Å²) < 4.78 is 1.05. The van der Waals surface area contributed by atoms with Crippen molar-refractivity contribution in [3.05, 3.63) is 93.5 Å². The Labute approximate surface area is 148 Å². The minimum Gasteiger partial charge on any atom is -0.508 e. The van der Waals surface area contributed by atoms with E-state index < -0.39 is 0 Å². The van der Waals surface area contributed by atoms with Crippen molar-refractivity contribution in [2.24, 2.45) is 0 Å². The van der Waals surface area contributed by atoms with Gasteiger partial charge in [-0.1, -0.05) is 46.3 Å². The minimum absolute atomic E-state index is 0.258. The van der Waals surface area contributed by atoms with Crippen LogP contribution in [0.5, 0.6) is 11.5 Å². The molecule has 2 N–H and O–H groups in total. The van der Waals surface area contributed by atoms with E-state index in [0.717, 1.165) is 38.7 Å². The summed E-state index contributed by atoms with van der Waals surface area (Å²) >= 11 is 3.48. The lowest BCUT2D eigenvalue weighted by atomic mass is 9.94. The van der Waals surface area contributed by atoms with Crippen molar-refractivity contribution in [2.45, 2.75) is 6.42 Å². The maximum absolute atomic E-state index is 9.83. The van der Waals surface area contributed by atoms with Gasteiger partial charge in [-0.3, -0.25) is 0 Å². The summed E-state index contributed by atoms with van der Waals surface area (Å²) in [6.07, 6.45) is 0.779. The van der Waals surface area contributed by atoms with Crippen LogP contribution in [-0.2, 0) is 6.42 Å². The number of rotatable bonds is 2. The topological polar surface area (TPSA) is 40.5 Å².